The zero-order valence-electron chi connectivity index (χ0n) is 14.6. The lowest BCUT2D eigenvalue weighted by Gasteiger charge is -2.11. The highest BCUT2D eigenvalue weighted by molar-refractivity contribution is 7.19. The number of rotatable bonds is 5. The Hall–Kier alpha value is -2.33. The molecule has 0 aliphatic rings. The Morgan fingerprint density at radius 1 is 1.08 bits per heavy atom. The number of ether oxygens (including phenoxy) is 1. The summed E-state index contributed by atoms with van der Waals surface area (Å²) in [6.45, 7) is 3.08. The Balaban J connectivity index is 1.97. The molecule has 0 saturated carbocycles. The standard InChI is InChI=1S/C20H23N2OS/c1-5-22-19(24-18-8-6-7-17(23-4)20(18)22)14-11-15-9-12-16(13-10-15)21(2)3/h6-14H,5H2,1-4H3/q+1. The molecule has 1 heterocycles. The predicted molar refractivity (Wildman–Crippen MR) is 104 cm³/mol. The smallest absolute Gasteiger partial charge is 0.266 e. The molecule has 24 heavy (non-hydrogen) atoms. The van der Waals surface area contributed by atoms with Gasteiger partial charge in [0.25, 0.3) is 10.5 Å². The summed E-state index contributed by atoms with van der Waals surface area (Å²) in [5.41, 5.74) is 3.59. The van der Waals surface area contributed by atoms with E-state index in [4.69, 9.17) is 4.74 Å². The minimum absolute atomic E-state index is 0.916. The van der Waals surface area contributed by atoms with Crippen LogP contribution in [0.25, 0.3) is 22.4 Å². The number of benzene rings is 2. The summed E-state index contributed by atoms with van der Waals surface area (Å²) in [6.07, 6.45) is 4.36. The van der Waals surface area contributed by atoms with Crippen molar-refractivity contribution in [3.05, 3.63) is 53.0 Å². The summed E-state index contributed by atoms with van der Waals surface area (Å²) >= 11 is 1.79. The molecule has 0 fully saturated rings. The molecule has 3 nitrogen and oxygen atoms in total. The topological polar surface area (TPSA) is 16.4 Å². The van der Waals surface area contributed by atoms with Gasteiger partial charge in [-0.05, 0) is 42.8 Å². The molecule has 0 aliphatic heterocycles. The number of para-hydroxylation sites is 1. The number of hydrogen-bond acceptors (Lipinski definition) is 3. The van der Waals surface area contributed by atoms with Crippen LogP contribution in [0.3, 0.4) is 0 Å². The minimum Gasteiger partial charge on any atom is -0.490 e. The van der Waals surface area contributed by atoms with Crippen molar-refractivity contribution in [2.45, 2.75) is 13.5 Å². The molecular formula is C20H23N2OS+. The van der Waals surface area contributed by atoms with Crippen molar-refractivity contribution in [3.63, 3.8) is 0 Å². The second-order valence-corrected chi connectivity index (χ2v) is 6.87. The van der Waals surface area contributed by atoms with Gasteiger partial charge in [-0.3, -0.25) is 0 Å². The first-order chi connectivity index (χ1) is 11.6. The van der Waals surface area contributed by atoms with Crippen LogP contribution in [-0.4, -0.2) is 21.2 Å². The number of nitrogens with zero attached hydrogens (tertiary/aromatic N) is 2. The Morgan fingerprint density at radius 2 is 1.83 bits per heavy atom. The molecule has 0 radical (unpaired) electrons. The molecule has 0 N–H and O–H groups in total. The molecule has 124 valence electrons. The van der Waals surface area contributed by atoms with Gasteiger partial charge in [-0.15, -0.1) is 0 Å². The molecular weight excluding hydrogens is 316 g/mol. The van der Waals surface area contributed by atoms with Crippen LogP contribution >= 0.6 is 11.3 Å². The number of methoxy groups -OCH3 is 1. The fourth-order valence-corrected chi connectivity index (χ4v) is 3.93. The first-order valence-corrected chi connectivity index (χ1v) is 8.90. The second kappa shape index (κ2) is 7.05. The fraction of sp³-hybridized carbons (Fsp3) is 0.250. The van der Waals surface area contributed by atoms with E-state index in [1.165, 1.54) is 26.5 Å². The van der Waals surface area contributed by atoms with E-state index in [2.05, 4.69) is 73.0 Å². The first kappa shape index (κ1) is 16.5. The van der Waals surface area contributed by atoms with E-state index in [1.807, 2.05) is 12.1 Å². The van der Waals surface area contributed by atoms with Gasteiger partial charge in [0, 0.05) is 25.9 Å². The Labute approximate surface area is 147 Å². The van der Waals surface area contributed by atoms with Gasteiger partial charge in [-0.25, -0.2) is 0 Å². The van der Waals surface area contributed by atoms with Crippen LogP contribution in [-0.2, 0) is 6.54 Å². The normalized spacial score (nSPS) is 11.3. The maximum atomic E-state index is 5.54. The summed E-state index contributed by atoms with van der Waals surface area (Å²) in [4.78, 5) is 2.11. The van der Waals surface area contributed by atoms with Gasteiger partial charge in [0.15, 0.2) is 5.75 Å². The molecule has 0 bridgehead atoms. The third-order valence-electron chi connectivity index (χ3n) is 4.08. The van der Waals surface area contributed by atoms with Crippen molar-refractivity contribution in [3.8, 4) is 5.75 Å². The van der Waals surface area contributed by atoms with Crippen molar-refractivity contribution >= 4 is 39.4 Å². The van der Waals surface area contributed by atoms with Crippen molar-refractivity contribution in [2.75, 3.05) is 26.1 Å². The molecule has 1 aromatic heterocycles. The van der Waals surface area contributed by atoms with Crippen LogP contribution in [0.2, 0.25) is 0 Å². The lowest BCUT2D eigenvalue weighted by atomic mass is 10.2. The van der Waals surface area contributed by atoms with E-state index in [1.54, 1.807) is 18.4 Å². The quantitative estimate of drug-likeness (QED) is 0.638. The van der Waals surface area contributed by atoms with Crippen LogP contribution in [0.15, 0.2) is 42.5 Å². The molecule has 3 aromatic rings. The highest BCUT2D eigenvalue weighted by atomic mass is 32.1. The zero-order valence-corrected chi connectivity index (χ0v) is 15.4. The maximum absolute atomic E-state index is 5.54. The minimum atomic E-state index is 0.916. The van der Waals surface area contributed by atoms with Gasteiger partial charge >= 0.3 is 0 Å². The number of aryl methyl sites for hydroxylation is 1. The lowest BCUT2D eigenvalue weighted by molar-refractivity contribution is -0.665. The second-order valence-electron chi connectivity index (χ2n) is 5.81. The van der Waals surface area contributed by atoms with Crippen molar-refractivity contribution in [2.24, 2.45) is 0 Å². The molecule has 0 spiro atoms. The Morgan fingerprint density at radius 3 is 2.46 bits per heavy atom. The molecule has 0 atom stereocenters. The molecule has 0 amide bonds. The third-order valence-corrected chi connectivity index (χ3v) is 5.19. The number of thiazole rings is 1. The van der Waals surface area contributed by atoms with Crippen LogP contribution in [0.1, 0.15) is 17.5 Å². The van der Waals surface area contributed by atoms with Crippen LogP contribution in [0.5, 0.6) is 5.75 Å². The molecule has 0 saturated heterocycles. The predicted octanol–water partition coefficient (Wildman–Crippen LogP) is 4.45. The fourth-order valence-electron chi connectivity index (χ4n) is 2.78. The van der Waals surface area contributed by atoms with Crippen LogP contribution in [0.4, 0.5) is 5.69 Å². The van der Waals surface area contributed by atoms with Gasteiger partial charge in [0.2, 0.25) is 0 Å². The molecule has 3 rings (SSSR count). The van der Waals surface area contributed by atoms with Crippen molar-refractivity contribution in [1.29, 1.82) is 0 Å². The number of hydrogen-bond donors (Lipinski definition) is 0. The summed E-state index contributed by atoms with van der Waals surface area (Å²) in [7, 11) is 5.84. The van der Waals surface area contributed by atoms with Gasteiger partial charge < -0.3 is 9.64 Å². The van der Waals surface area contributed by atoms with E-state index in [0.29, 0.717) is 0 Å². The number of aromatic nitrogens is 1. The average molecular weight is 339 g/mol. The third kappa shape index (κ3) is 3.15. The van der Waals surface area contributed by atoms with E-state index in [9.17, 15) is 0 Å². The Bertz CT molecular complexity index is 863. The molecule has 2 aromatic carbocycles. The number of anilines is 1. The van der Waals surface area contributed by atoms with Crippen LogP contribution in [0, 0.1) is 0 Å². The summed E-state index contributed by atoms with van der Waals surface area (Å²) in [6, 6.07) is 14.8. The van der Waals surface area contributed by atoms with E-state index in [-0.39, 0.29) is 0 Å². The molecule has 4 heteroatoms. The Kier molecular flexibility index (Phi) is 4.86. The largest absolute Gasteiger partial charge is 0.490 e. The average Bonchev–Trinajstić information content (AvgIpc) is 2.97. The van der Waals surface area contributed by atoms with Crippen molar-refractivity contribution in [1.82, 2.24) is 0 Å². The van der Waals surface area contributed by atoms with E-state index >= 15 is 0 Å². The van der Waals surface area contributed by atoms with E-state index in [0.717, 1.165) is 12.3 Å². The molecule has 0 unspecified atom stereocenters. The van der Waals surface area contributed by atoms with Crippen molar-refractivity contribution < 1.29 is 9.30 Å². The lowest BCUT2D eigenvalue weighted by Crippen LogP contribution is -2.33. The van der Waals surface area contributed by atoms with Gasteiger partial charge in [0.05, 0.1) is 7.11 Å². The van der Waals surface area contributed by atoms with Gasteiger partial charge in [-0.2, -0.15) is 4.57 Å². The maximum Gasteiger partial charge on any atom is 0.266 e. The highest BCUT2D eigenvalue weighted by Gasteiger charge is 2.20. The summed E-state index contributed by atoms with van der Waals surface area (Å²) in [5.74, 6) is 0.931. The summed E-state index contributed by atoms with van der Waals surface area (Å²) in [5, 5.41) is 1.23. The van der Waals surface area contributed by atoms with Gasteiger partial charge in [-0.1, -0.05) is 29.5 Å². The highest BCUT2D eigenvalue weighted by Crippen LogP contribution is 2.29. The SMILES string of the molecule is CC[n+]1c(/C=C/c2ccc(N(C)C)cc2)sc2cccc(OC)c21. The zero-order chi connectivity index (χ0) is 17.1. The monoisotopic (exact) mass is 339 g/mol. The van der Waals surface area contributed by atoms with Gasteiger partial charge in [0.1, 0.15) is 11.2 Å². The van der Waals surface area contributed by atoms with E-state index < -0.39 is 0 Å². The van der Waals surface area contributed by atoms with Crippen LogP contribution < -0.4 is 14.2 Å². The number of fused-ring (bicyclic) bond motifs is 1. The first-order valence-electron chi connectivity index (χ1n) is 8.09. The molecule has 0 aliphatic carbocycles. The summed E-state index contributed by atoms with van der Waals surface area (Å²) < 4.78 is 9.10.